The Morgan fingerprint density at radius 2 is 2.05 bits per heavy atom. The predicted molar refractivity (Wildman–Crippen MR) is 85.3 cm³/mol. The first-order valence-corrected chi connectivity index (χ1v) is 9.55. The van der Waals surface area contributed by atoms with Crippen LogP contribution in [0.4, 0.5) is 5.13 Å². The van der Waals surface area contributed by atoms with Crippen LogP contribution in [0.15, 0.2) is 4.52 Å². The van der Waals surface area contributed by atoms with E-state index in [4.69, 9.17) is 4.52 Å². The van der Waals surface area contributed by atoms with Crippen molar-refractivity contribution < 1.29 is 8.73 Å². The van der Waals surface area contributed by atoms with E-state index in [0.717, 1.165) is 23.8 Å². The molecular formula is C13H19N5O2S2. The number of anilines is 1. The Labute approximate surface area is 135 Å². The molecule has 2 heterocycles. The molecule has 1 atom stereocenters. The molecule has 7 nitrogen and oxygen atoms in total. The van der Waals surface area contributed by atoms with Gasteiger partial charge in [0.05, 0.1) is 5.75 Å². The van der Waals surface area contributed by atoms with Crippen molar-refractivity contribution >= 4 is 27.5 Å². The first kappa shape index (κ1) is 15.5. The summed E-state index contributed by atoms with van der Waals surface area (Å²) in [7, 11) is 2.67. The summed E-state index contributed by atoms with van der Waals surface area (Å²) < 4.78 is 21.6. The van der Waals surface area contributed by atoms with Crippen LogP contribution in [-0.4, -0.2) is 37.8 Å². The number of hydrogen-bond donors (Lipinski definition) is 0. The van der Waals surface area contributed by atoms with E-state index in [1.807, 2.05) is 19.0 Å². The van der Waals surface area contributed by atoms with Gasteiger partial charge in [-0.15, -0.1) is 0 Å². The second kappa shape index (κ2) is 6.82. The van der Waals surface area contributed by atoms with Gasteiger partial charge >= 0.3 is 0 Å². The van der Waals surface area contributed by atoms with Gasteiger partial charge in [0.15, 0.2) is 11.6 Å². The fourth-order valence-corrected chi connectivity index (χ4v) is 4.09. The molecule has 1 saturated carbocycles. The molecule has 0 amide bonds. The van der Waals surface area contributed by atoms with Gasteiger partial charge in [-0.05, 0) is 12.8 Å². The molecule has 0 saturated heterocycles. The maximum atomic E-state index is 12.2. The SMILES string of the molecule is CN(C)c1nc(C[S@@](=O)Cc2nc(C3CCCC3)no2)ns1. The van der Waals surface area contributed by atoms with E-state index in [9.17, 15) is 4.21 Å². The number of aromatic nitrogens is 4. The van der Waals surface area contributed by atoms with Gasteiger partial charge in [0.25, 0.3) is 0 Å². The molecule has 0 unspecified atom stereocenters. The van der Waals surface area contributed by atoms with Gasteiger partial charge in [0.2, 0.25) is 11.0 Å². The Morgan fingerprint density at radius 3 is 2.73 bits per heavy atom. The summed E-state index contributed by atoms with van der Waals surface area (Å²) in [5.74, 6) is 2.80. The smallest absolute Gasteiger partial charge is 0.239 e. The highest BCUT2D eigenvalue weighted by Gasteiger charge is 2.23. The monoisotopic (exact) mass is 341 g/mol. The minimum atomic E-state index is -1.14. The summed E-state index contributed by atoms with van der Waals surface area (Å²) in [5, 5.41) is 4.84. The molecule has 0 bridgehead atoms. The summed E-state index contributed by atoms with van der Waals surface area (Å²) >= 11 is 1.31. The highest BCUT2D eigenvalue weighted by Crippen LogP contribution is 2.32. The summed E-state index contributed by atoms with van der Waals surface area (Å²) in [4.78, 5) is 10.6. The first-order chi connectivity index (χ1) is 10.6. The second-order valence-electron chi connectivity index (χ2n) is 5.64. The number of hydrogen-bond acceptors (Lipinski definition) is 8. The molecule has 0 N–H and O–H groups in total. The lowest BCUT2D eigenvalue weighted by molar-refractivity contribution is 0.380. The molecule has 1 aliphatic carbocycles. The Morgan fingerprint density at radius 1 is 1.27 bits per heavy atom. The van der Waals surface area contributed by atoms with Crippen LogP contribution in [0.5, 0.6) is 0 Å². The first-order valence-electron chi connectivity index (χ1n) is 7.29. The fourth-order valence-electron chi connectivity index (χ4n) is 2.49. The van der Waals surface area contributed by atoms with Crippen LogP contribution >= 0.6 is 11.5 Å². The van der Waals surface area contributed by atoms with Crippen LogP contribution in [0.25, 0.3) is 0 Å². The second-order valence-corrected chi connectivity index (χ2v) is 7.83. The predicted octanol–water partition coefficient (Wildman–Crippen LogP) is 2.09. The largest absolute Gasteiger partial charge is 0.353 e. The average Bonchev–Trinajstić information content (AvgIpc) is 3.18. The Kier molecular flexibility index (Phi) is 4.82. The van der Waals surface area contributed by atoms with Crippen molar-refractivity contribution in [2.75, 3.05) is 19.0 Å². The number of nitrogens with zero attached hydrogens (tertiary/aromatic N) is 5. The standard InChI is InChI=1S/C13H19N5O2S2/c1-18(2)13-14-10(17-21-13)7-22(19)8-11-15-12(16-20-11)9-5-3-4-6-9/h9H,3-8H2,1-2H3/t22-/m1/s1. The van der Waals surface area contributed by atoms with Crippen molar-refractivity contribution in [1.82, 2.24) is 19.5 Å². The average molecular weight is 341 g/mol. The number of rotatable bonds is 6. The highest BCUT2D eigenvalue weighted by molar-refractivity contribution is 7.83. The van der Waals surface area contributed by atoms with Gasteiger partial charge in [0.1, 0.15) is 5.75 Å². The molecule has 9 heteroatoms. The van der Waals surface area contributed by atoms with Crippen LogP contribution in [0.2, 0.25) is 0 Å². The van der Waals surface area contributed by atoms with Crippen molar-refractivity contribution in [2.24, 2.45) is 0 Å². The van der Waals surface area contributed by atoms with E-state index in [0.29, 0.717) is 23.4 Å². The lowest BCUT2D eigenvalue weighted by atomic mass is 10.1. The molecule has 3 rings (SSSR count). The lowest BCUT2D eigenvalue weighted by Crippen LogP contribution is -2.08. The molecule has 2 aromatic rings. The Hall–Kier alpha value is -1.35. The van der Waals surface area contributed by atoms with Gasteiger partial charge in [0, 0.05) is 42.3 Å². The van der Waals surface area contributed by atoms with E-state index >= 15 is 0 Å². The lowest BCUT2D eigenvalue weighted by Gasteiger charge is -2.04. The third-order valence-electron chi connectivity index (χ3n) is 3.62. The molecule has 0 aromatic carbocycles. The van der Waals surface area contributed by atoms with E-state index in [2.05, 4.69) is 19.5 Å². The van der Waals surface area contributed by atoms with Crippen LogP contribution in [0.3, 0.4) is 0 Å². The van der Waals surface area contributed by atoms with Crippen LogP contribution in [-0.2, 0) is 22.3 Å². The van der Waals surface area contributed by atoms with Crippen molar-refractivity contribution in [3.63, 3.8) is 0 Å². The molecule has 0 spiro atoms. The Balaban J connectivity index is 1.57. The quantitative estimate of drug-likeness (QED) is 0.795. The Bertz CT molecular complexity index is 648. The van der Waals surface area contributed by atoms with Crippen molar-refractivity contribution in [2.45, 2.75) is 43.1 Å². The topological polar surface area (TPSA) is 85.0 Å². The molecular weight excluding hydrogens is 322 g/mol. The molecule has 2 aromatic heterocycles. The zero-order valence-corrected chi connectivity index (χ0v) is 14.3. The van der Waals surface area contributed by atoms with Crippen molar-refractivity contribution in [1.29, 1.82) is 0 Å². The van der Waals surface area contributed by atoms with E-state index in [-0.39, 0.29) is 5.75 Å². The summed E-state index contributed by atoms with van der Waals surface area (Å²) in [6.45, 7) is 0. The zero-order chi connectivity index (χ0) is 15.5. The van der Waals surface area contributed by atoms with Gasteiger partial charge in [-0.1, -0.05) is 18.0 Å². The third kappa shape index (κ3) is 3.70. The molecule has 22 heavy (non-hydrogen) atoms. The van der Waals surface area contributed by atoms with E-state index in [1.54, 1.807) is 0 Å². The maximum Gasteiger partial charge on any atom is 0.239 e. The molecule has 0 radical (unpaired) electrons. The third-order valence-corrected chi connectivity index (χ3v) is 5.69. The van der Waals surface area contributed by atoms with Crippen LogP contribution < -0.4 is 4.90 Å². The van der Waals surface area contributed by atoms with Crippen LogP contribution in [0.1, 0.15) is 49.1 Å². The highest BCUT2D eigenvalue weighted by atomic mass is 32.2. The van der Waals surface area contributed by atoms with Crippen molar-refractivity contribution in [3.8, 4) is 0 Å². The van der Waals surface area contributed by atoms with E-state index in [1.165, 1.54) is 24.4 Å². The van der Waals surface area contributed by atoms with Gasteiger partial charge in [-0.2, -0.15) is 9.36 Å². The fraction of sp³-hybridized carbons (Fsp3) is 0.692. The van der Waals surface area contributed by atoms with Crippen molar-refractivity contribution in [3.05, 3.63) is 17.5 Å². The minimum Gasteiger partial charge on any atom is -0.353 e. The van der Waals surface area contributed by atoms with Gasteiger partial charge in [-0.3, -0.25) is 4.21 Å². The molecule has 1 fully saturated rings. The van der Waals surface area contributed by atoms with Crippen LogP contribution in [0, 0.1) is 0 Å². The molecule has 1 aliphatic rings. The van der Waals surface area contributed by atoms with Gasteiger partial charge in [-0.25, -0.2) is 4.98 Å². The van der Waals surface area contributed by atoms with E-state index < -0.39 is 10.8 Å². The maximum absolute atomic E-state index is 12.2. The summed E-state index contributed by atoms with van der Waals surface area (Å²) in [5.41, 5.74) is 0. The molecule has 0 aliphatic heterocycles. The summed E-state index contributed by atoms with van der Waals surface area (Å²) in [6.07, 6.45) is 4.70. The minimum absolute atomic E-state index is 0.260. The normalized spacial score (nSPS) is 17.0. The zero-order valence-electron chi connectivity index (χ0n) is 12.7. The van der Waals surface area contributed by atoms with Gasteiger partial charge < -0.3 is 9.42 Å². The molecule has 120 valence electrons. The summed E-state index contributed by atoms with van der Waals surface area (Å²) in [6, 6.07) is 0.